The van der Waals surface area contributed by atoms with Crippen molar-refractivity contribution >= 4 is 34.8 Å². The summed E-state index contributed by atoms with van der Waals surface area (Å²) in [6, 6.07) is 21.5. The molecule has 0 saturated heterocycles. The molecule has 1 aromatic heterocycles. The summed E-state index contributed by atoms with van der Waals surface area (Å²) in [5, 5.41) is 13.6. The Morgan fingerprint density at radius 2 is 1.11 bits per heavy atom. The molecule has 0 radical (unpaired) electrons. The average molecular weight is 430 g/mol. The van der Waals surface area contributed by atoms with Crippen LogP contribution >= 0.6 is 34.8 Å². The van der Waals surface area contributed by atoms with Gasteiger partial charge in [0.25, 0.3) is 0 Å². The lowest BCUT2D eigenvalue weighted by molar-refractivity contribution is 0.116. The summed E-state index contributed by atoms with van der Waals surface area (Å²) in [6.07, 6.45) is 1.69. The van der Waals surface area contributed by atoms with Gasteiger partial charge in [0.15, 0.2) is 5.60 Å². The lowest BCUT2D eigenvalue weighted by atomic mass is 9.85. The predicted octanol–water partition coefficient (Wildman–Crippen LogP) is 6.32. The maximum Gasteiger partial charge on any atom is 0.173 e. The largest absolute Gasteiger partial charge is 0.373 e. The van der Waals surface area contributed by atoms with Crippen LogP contribution in [0.1, 0.15) is 17.0 Å². The van der Waals surface area contributed by atoms with Crippen molar-refractivity contribution in [1.82, 2.24) is 9.97 Å². The third kappa shape index (κ3) is 3.54. The number of imidazole rings is 1. The van der Waals surface area contributed by atoms with Crippen molar-refractivity contribution in [2.45, 2.75) is 5.60 Å². The molecule has 28 heavy (non-hydrogen) atoms. The minimum absolute atomic E-state index is 0.391. The van der Waals surface area contributed by atoms with E-state index in [-0.39, 0.29) is 0 Å². The fourth-order valence-corrected chi connectivity index (χ4v) is 3.48. The molecule has 0 aliphatic rings. The van der Waals surface area contributed by atoms with Crippen molar-refractivity contribution in [1.29, 1.82) is 0 Å². The molecule has 4 rings (SSSR count). The Kier molecular flexibility index (Phi) is 5.17. The lowest BCUT2D eigenvalue weighted by Crippen LogP contribution is -2.30. The van der Waals surface area contributed by atoms with Crippen molar-refractivity contribution in [3.63, 3.8) is 0 Å². The Bertz CT molecular complexity index is 1040. The van der Waals surface area contributed by atoms with Crippen LogP contribution in [0.4, 0.5) is 0 Å². The van der Waals surface area contributed by atoms with Crippen LogP contribution in [0, 0.1) is 0 Å². The monoisotopic (exact) mass is 428 g/mol. The Labute approximate surface area is 177 Å². The molecule has 0 aliphatic heterocycles. The Morgan fingerprint density at radius 3 is 1.57 bits per heavy atom. The summed E-state index contributed by atoms with van der Waals surface area (Å²) in [7, 11) is 0. The molecule has 140 valence electrons. The van der Waals surface area contributed by atoms with Gasteiger partial charge in [0, 0.05) is 15.1 Å². The van der Waals surface area contributed by atoms with E-state index in [9.17, 15) is 5.11 Å². The summed E-state index contributed by atoms with van der Waals surface area (Å²) in [5.74, 6) is 0.391. The number of aliphatic hydroxyl groups is 1. The van der Waals surface area contributed by atoms with Crippen LogP contribution in [0.15, 0.2) is 79.0 Å². The number of hydrogen-bond donors (Lipinski definition) is 2. The highest BCUT2D eigenvalue weighted by Gasteiger charge is 2.37. The average Bonchev–Trinajstić information content (AvgIpc) is 3.20. The van der Waals surface area contributed by atoms with E-state index in [0.29, 0.717) is 32.0 Å². The zero-order valence-electron chi connectivity index (χ0n) is 14.5. The number of nitrogens with zero attached hydrogens (tertiary/aromatic N) is 1. The molecule has 0 unspecified atom stereocenters. The van der Waals surface area contributed by atoms with Crippen molar-refractivity contribution in [3.8, 4) is 11.3 Å². The van der Waals surface area contributed by atoms with Crippen LogP contribution < -0.4 is 0 Å². The molecule has 0 fully saturated rings. The van der Waals surface area contributed by atoms with Gasteiger partial charge in [-0.05, 0) is 53.1 Å². The highest BCUT2D eigenvalue weighted by Crippen LogP contribution is 2.37. The van der Waals surface area contributed by atoms with Crippen molar-refractivity contribution in [2.75, 3.05) is 0 Å². The quantitative estimate of drug-likeness (QED) is 0.399. The number of hydrogen-bond acceptors (Lipinski definition) is 2. The summed E-state index contributed by atoms with van der Waals surface area (Å²) < 4.78 is 0. The van der Waals surface area contributed by atoms with E-state index >= 15 is 0 Å². The van der Waals surface area contributed by atoms with E-state index in [1.54, 1.807) is 54.7 Å². The molecular weight excluding hydrogens is 415 g/mol. The molecule has 0 saturated carbocycles. The van der Waals surface area contributed by atoms with Crippen LogP contribution in [-0.4, -0.2) is 15.1 Å². The van der Waals surface area contributed by atoms with Gasteiger partial charge >= 0.3 is 0 Å². The molecule has 0 bridgehead atoms. The van der Waals surface area contributed by atoms with Crippen molar-refractivity contribution in [2.24, 2.45) is 0 Å². The van der Waals surface area contributed by atoms with Crippen LogP contribution in [-0.2, 0) is 5.60 Å². The SMILES string of the molecule is OC(c1ccc(Cl)cc1)(c1ccc(Cl)cc1)c1ncc(-c2ccc(Cl)cc2)[nH]1. The van der Waals surface area contributed by atoms with Gasteiger partial charge in [0.05, 0.1) is 11.9 Å². The van der Waals surface area contributed by atoms with E-state index in [0.717, 1.165) is 11.3 Å². The van der Waals surface area contributed by atoms with Gasteiger partial charge in [-0.25, -0.2) is 4.98 Å². The topological polar surface area (TPSA) is 48.9 Å². The van der Waals surface area contributed by atoms with Crippen molar-refractivity contribution < 1.29 is 5.11 Å². The number of aromatic amines is 1. The number of benzene rings is 3. The second-order valence-electron chi connectivity index (χ2n) is 6.38. The number of nitrogens with one attached hydrogen (secondary N) is 1. The second-order valence-corrected chi connectivity index (χ2v) is 7.69. The van der Waals surface area contributed by atoms with Crippen LogP contribution in [0.2, 0.25) is 15.1 Å². The van der Waals surface area contributed by atoms with E-state index < -0.39 is 5.60 Å². The fraction of sp³-hybridized carbons (Fsp3) is 0.0455. The van der Waals surface area contributed by atoms with Gasteiger partial charge in [0.2, 0.25) is 0 Å². The Morgan fingerprint density at radius 1 is 0.679 bits per heavy atom. The summed E-state index contributed by atoms with van der Waals surface area (Å²) >= 11 is 18.1. The molecular formula is C22H15Cl3N2O. The first-order chi connectivity index (χ1) is 13.5. The smallest absolute Gasteiger partial charge is 0.173 e. The molecule has 1 heterocycles. The van der Waals surface area contributed by atoms with Gasteiger partial charge in [-0.2, -0.15) is 0 Å². The first-order valence-electron chi connectivity index (χ1n) is 8.53. The van der Waals surface area contributed by atoms with Gasteiger partial charge in [0.1, 0.15) is 5.82 Å². The fourth-order valence-electron chi connectivity index (χ4n) is 3.10. The highest BCUT2D eigenvalue weighted by atomic mass is 35.5. The third-order valence-electron chi connectivity index (χ3n) is 4.60. The first-order valence-corrected chi connectivity index (χ1v) is 9.66. The number of aromatic nitrogens is 2. The first kappa shape index (κ1) is 19.0. The molecule has 3 aromatic carbocycles. The second kappa shape index (κ2) is 7.61. The molecule has 0 amide bonds. The minimum Gasteiger partial charge on any atom is -0.373 e. The molecule has 0 atom stereocenters. The minimum atomic E-state index is -1.50. The predicted molar refractivity (Wildman–Crippen MR) is 114 cm³/mol. The number of rotatable bonds is 4. The Balaban J connectivity index is 1.85. The van der Waals surface area contributed by atoms with Gasteiger partial charge in [-0.3, -0.25) is 0 Å². The van der Waals surface area contributed by atoms with Crippen molar-refractivity contribution in [3.05, 3.63) is 111 Å². The molecule has 6 heteroatoms. The summed E-state index contributed by atoms with van der Waals surface area (Å²) in [4.78, 5) is 7.73. The van der Waals surface area contributed by atoms with E-state index in [1.165, 1.54) is 0 Å². The standard InChI is InChI=1S/C22H15Cl3N2O/c23-17-7-1-14(2-8-17)20-13-26-21(27-20)22(28,15-3-9-18(24)10-4-15)16-5-11-19(25)12-6-16/h1-13,28H,(H,26,27). The van der Waals surface area contributed by atoms with Crippen LogP contribution in [0.5, 0.6) is 0 Å². The van der Waals surface area contributed by atoms with Crippen LogP contribution in [0.25, 0.3) is 11.3 Å². The summed E-state index contributed by atoms with van der Waals surface area (Å²) in [5.41, 5.74) is 1.46. The molecule has 0 aliphatic carbocycles. The number of H-pyrrole nitrogens is 1. The van der Waals surface area contributed by atoms with Gasteiger partial charge < -0.3 is 10.1 Å². The van der Waals surface area contributed by atoms with Gasteiger partial charge in [-0.15, -0.1) is 0 Å². The van der Waals surface area contributed by atoms with E-state index in [2.05, 4.69) is 9.97 Å². The molecule has 4 aromatic rings. The number of halogens is 3. The van der Waals surface area contributed by atoms with E-state index in [4.69, 9.17) is 34.8 Å². The van der Waals surface area contributed by atoms with E-state index in [1.807, 2.05) is 24.3 Å². The third-order valence-corrected chi connectivity index (χ3v) is 5.35. The maximum absolute atomic E-state index is 11.8. The maximum atomic E-state index is 11.8. The highest BCUT2D eigenvalue weighted by molar-refractivity contribution is 6.31. The lowest BCUT2D eigenvalue weighted by Gasteiger charge is -2.27. The zero-order valence-corrected chi connectivity index (χ0v) is 16.8. The summed E-state index contributed by atoms with van der Waals surface area (Å²) in [6.45, 7) is 0. The molecule has 3 nitrogen and oxygen atoms in total. The molecule has 0 spiro atoms. The van der Waals surface area contributed by atoms with Crippen LogP contribution in [0.3, 0.4) is 0 Å². The zero-order chi connectivity index (χ0) is 19.7. The Hall–Kier alpha value is -2.30. The van der Waals surface area contributed by atoms with Gasteiger partial charge in [-0.1, -0.05) is 71.2 Å². The molecule has 2 N–H and O–H groups in total. The normalized spacial score (nSPS) is 11.6.